The van der Waals surface area contributed by atoms with Crippen LogP contribution in [0.1, 0.15) is 5.56 Å². The Morgan fingerprint density at radius 3 is 2.22 bits per heavy atom. The van der Waals surface area contributed by atoms with E-state index in [1.54, 1.807) is 0 Å². The van der Waals surface area contributed by atoms with Gasteiger partial charge in [0.1, 0.15) is 5.82 Å². The zero-order valence-corrected chi connectivity index (χ0v) is 8.88. The van der Waals surface area contributed by atoms with E-state index in [0.717, 1.165) is 36.5 Å². The lowest BCUT2D eigenvalue weighted by molar-refractivity contribution is -0.137. The van der Waals surface area contributed by atoms with Crippen LogP contribution in [0, 0.1) is 5.82 Å². The van der Waals surface area contributed by atoms with E-state index in [-0.39, 0.29) is 11.1 Å². The third-order valence-corrected chi connectivity index (χ3v) is 2.39. The minimum Gasteiger partial charge on any atom is -0.326 e. The van der Waals surface area contributed by atoms with Crippen molar-refractivity contribution in [3.8, 4) is 11.1 Å². The lowest BCUT2D eigenvalue weighted by atomic mass is 10.1. The standard InChI is InChI=1S/C12H7F4NO/c13-9-5-10(11(18)17-6-9)7-1-3-8(4-2-7)12(14,15)16/h1-6H,(H,17,18). The Kier molecular flexibility index (Phi) is 2.94. The van der Waals surface area contributed by atoms with Gasteiger partial charge < -0.3 is 4.98 Å². The molecule has 0 spiro atoms. The third-order valence-electron chi connectivity index (χ3n) is 2.39. The zero-order valence-electron chi connectivity index (χ0n) is 8.88. The number of halogens is 4. The van der Waals surface area contributed by atoms with Gasteiger partial charge in [-0.1, -0.05) is 12.1 Å². The van der Waals surface area contributed by atoms with Crippen molar-refractivity contribution in [1.29, 1.82) is 0 Å². The van der Waals surface area contributed by atoms with Gasteiger partial charge in [-0.05, 0) is 23.8 Å². The van der Waals surface area contributed by atoms with Crippen molar-refractivity contribution in [2.75, 3.05) is 0 Å². The molecule has 2 aromatic rings. The molecule has 0 atom stereocenters. The second-order valence-corrected chi connectivity index (χ2v) is 3.64. The first-order valence-electron chi connectivity index (χ1n) is 4.94. The number of benzene rings is 1. The molecule has 0 bridgehead atoms. The highest BCUT2D eigenvalue weighted by molar-refractivity contribution is 5.62. The lowest BCUT2D eigenvalue weighted by Gasteiger charge is -2.07. The summed E-state index contributed by atoms with van der Waals surface area (Å²) in [5, 5.41) is 0. The first-order valence-corrected chi connectivity index (χ1v) is 4.94. The van der Waals surface area contributed by atoms with Gasteiger partial charge in [-0.15, -0.1) is 0 Å². The van der Waals surface area contributed by atoms with Gasteiger partial charge >= 0.3 is 6.18 Å². The molecule has 2 nitrogen and oxygen atoms in total. The fourth-order valence-corrected chi connectivity index (χ4v) is 1.51. The van der Waals surface area contributed by atoms with Crippen molar-refractivity contribution in [2.45, 2.75) is 6.18 Å². The number of alkyl halides is 3. The van der Waals surface area contributed by atoms with E-state index in [4.69, 9.17) is 0 Å². The summed E-state index contributed by atoms with van der Waals surface area (Å²) in [6, 6.07) is 4.93. The Balaban J connectivity index is 2.47. The fourth-order valence-electron chi connectivity index (χ4n) is 1.51. The van der Waals surface area contributed by atoms with Crippen LogP contribution in [0.2, 0.25) is 0 Å². The number of nitrogens with one attached hydrogen (secondary N) is 1. The van der Waals surface area contributed by atoms with Crippen molar-refractivity contribution < 1.29 is 17.6 Å². The van der Waals surface area contributed by atoms with Crippen molar-refractivity contribution in [1.82, 2.24) is 4.98 Å². The maximum absolute atomic E-state index is 13.0. The maximum atomic E-state index is 13.0. The van der Waals surface area contributed by atoms with Crippen LogP contribution in [0.3, 0.4) is 0 Å². The summed E-state index contributed by atoms with van der Waals surface area (Å²) in [7, 11) is 0. The zero-order chi connectivity index (χ0) is 13.3. The summed E-state index contributed by atoms with van der Waals surface area (Å²) in [5.74, 6) is -0.663. The number of rotatable bonds is 1. The second kappa shape index (κ2) is 4.29. The first kappa shape index (κ1) is 12.3. The van der Waals surface area contributed by atoms with Gasteiger partial charge in [0.05, 0.1) is 5.56 Å². The van der Waals surface area contributed by atoms with Crippen LogP contribution in [0.15, 0.2) is 41.3 Å². The second-order valence-electron chi connectivity index (χ2n) is 3.64. The number of hydrogen-bond acceptors (Lipinski definition) is 1. The van der Waals surface area contributed by atoms with Crippen LogP contribution in [0.5, 0.6) is 0 Å². The number of H-pyrrole nitrogens is 1. The molecule has 18 heavy (non-hydrogen) atoms. The Morgan fingerprint density at radius 2 is 1.67 bits per heavy atom. The lowest BCUT2D eigenvalue weighted by Crippen LogP contribution is -2.09. The molecule has 0 aliphatic rings. The van der Waals surface area contributed by atoms with Crippen LogP contribution < -0.4 is 5.56 Å². The van der Waals surface area contributed by atoms with E-state index in [1.165, 1.54) is 0 Å². The van der Waals surface area contributed by atoms with Crippen molar-refractivity contribution in [2.24, 2.45) is 0 Å². The predicted octanol–water partition coefficient (Wildman–Crippen LogP) is 3.20. The Labute approximate surface area is 98.9 Å². The van der Waals surface area contributed by atoms with E-state index >= 15 is 0 Å². The minimum absolute atomic E-state index is 0.0104. The molecule has 0 radical (unpaired) electrons. The molecule has 0 saturated carbocycles. The van der Waals surface area contributed by atoms with E-state index in [2.05, 4.69) is 4.98 Å². The van der Waals surface area contributed by atoms with Crippen LogP contribution >= 0.6 is 0 Å². The van der Waals surface area contributed by atoms with Crippen molar-refractivity contribution in [3.63, 3.8) is 0 Å². The van der Waals surface area contributed by atoms with Crippen molar-refractivity contribution in [3.05, 3.63) is 58.3 Å². The summed E-state index contributed by atoms with van der Waals surface area (Å²) in [6.45, 7) is 0. The highest BCUT2D eigenvalue weighted by Gasteiger charge is 2.30. The highest BCUT2D eigenvalue weighted by atomic mass is 19.4. The van der Waals surface area contributed by atoms with Gasteiger partial charge in [-0.25, -0.2) is 4.39 Å². The molecule has 1 heterocycles. The number of aromatic nitrogens is 1. The molecule has 1 aromatic heterocycles. The SMILES string of the molecule is O=c1[nH]cc(F)cc1-c1ccc(C(F)(F)F)cc1. The third kappa shape index (κ3) is 2.42. The molecular formula is C12H7F4NO. The van der Waals surface area contributed by atoms with Crippen LogP contribution in [0.25, 0.3) is 11.1 Å². The minimum atomic E-state index is -4.44. The quantitative estimate of drug-likeness (QED) is 0.782. The van der Waals surface area contributed by atoms with Crippen molar-refractivity contribution >= 4 is 0 Å². The highest BCUT2D eigenvalue weighted by Crippen LogP contribution is 2.30. The van der Waals surface area contributed by atoms with Gasteiger partial charge in [-0.2, -0.15) is 13.2 Å². The van der Waals surface area contributed by atoms with Gasteiger partial charge in [0.2, 0.25) is 0 Å². The van der Waals surface area contributed by atoms with Gasteiger partial charge in [0.15, 0.2) is 0 Å². The molecule has 1 aromatic carbocycles. The van der Waals surface area contributed by atoms with Gasteiger partial charge in [0, 0.05) is 11.8 Å². The monoisotopic (exact) mass is 257 g/mol. The number of aromatic amines is 1. The molecular weight excluding hydrogens is 250 g/mol. The molecule has 0 amide bonds. The normalized spacial score (nSPS) is 11.6. The van der Waals surface area contributed by atoms with Crippen LogP contribution in [-0.2, 0) is 6.18 Å². The molecule has 0 aliphatic heterocycles. The van der Waals surface area contributed by atoms with E-state index in [1.807, 2.05) is 0 Å². The predicted molar refractivity (Wildman–Crippen MR) is 57.5 cm³/mol. The van der Waals surface area contributed by atoms with Crippen LogP contribution in [-0.4, -0.2) is 4.98 Å². The first-order chi connectivity index (χ1) is 8.38. The van der Waals surface area contributed by atoms with Crippen LogP contribution in [0.4, 0.5) is 17.6 Å². The summed E-state index contributed by atoms with van der Waals surface area (Å²) >= 11 is 0. The Hall–Kier alpha value is -2.11. The summed E-state index contributed by atoms with van der Waals surface area (Å²) < 4.78 is 50.0. The average molecular weight is 257 g/mol. The topological polar surface area (TPSA) is 32.9 Å². The van der Waals surface area contributed by atoms with Gasteiger partial charge in [0.25, 0.3) is 5.56 Å². The molecule has 6 heteroatoms. The molecule has 0 fully saturated rings. The number of pyridine rings is 1. The number of hydrogen-bond donors (Lipinski definition) is 1. The Morgan fingerprint density at radius 1 is 1.06 bits per heavy atom. The van der Waals surface area contributed by atoms with E-state index < -0.39 is 23.1 Å². The van der Waals surface area contributed by atoms with Gasteiger partial charge in [-0.3, -0.25) is 4.79 Å². The Bertz CT molecular complexity index is 613. The molecule has 0 unspecified atom stereocenters. The van der Waals surface area contributed by atoms with E-state index in [0.29, 0.717) is 0 Å². The maximum Gasteiger partial charge on any atom is 0.416 e. The molecule has 1 N–H and O–H groups in total. The smallest absolute Gasteiger partial charge is 0.326 e. The summed E-state index contributed by atoms with van der Waals surface area (Å²) in [4.78, 5) is 13.6. The largest absolute Gasteiger partial charge is 0.416 e. The summed E-state index contributed by atoms with van der Waals surface area (Å²) in [6.07, 6.45) is -3.55. The molecule has 0 saturated heterocycles. The fraction of sp³-hybridized carbons (Fsp3) is 0.0833. The average Bonchev–Trinajstić information content (AvgIpc) is 2.31. The molecule has 0 aliphatic carbocycles. The summed E-state index contributed by atoms with van der Waals surface area (Å²) in [5.41, 5.74) is -1.16. The molecule has 94 valence electrons. The van der Waals surface area contributed by atoms with E-state index in [9.17, 15) is 22.4 Å². The molecule has 2 rings (SSSR count).